The molecule has 1 atom stereocenters. The second kappa shape index (κ2) is 7.77. The fourth-order valence-electron chi connectivity index (χ4n) is 3.00. The van der Waals surface area contributed by atoms with Crippen molar-refractivity contribution >= 4 is 11.8 Å². The Morgan fingerprint density at radius 2 is 1.93 bits per heavy atom. The van der Waals surface area contributed by atoms with Gasteiger partial charge in [0.1, 0.15) is 0 Å². The number of aromatic nitrogens is 1. The highest BCUT2D eigenvalue weighted by molar-refractivity contribution is 5.89. The van der Waals surface area contributed by atoms with E-state index in [-0.39, 0.29) is 31.3 Å². The van der Waals surface area contributed by atoms with Gasteiger partial charge in [0.05, 0.1) is 11.5 Å². The van der Waals surface area contributed by atoms with Crippen LogP contribution in [0.3, 0.4) is 0 Å². The summed E-state index contributed by atoms with van der Waals surface area (Å²) in [6.45, 7) is 0.577. The molecular formula is C19H18F3N3O2. The molecule has 1 N–H and O–H groups in total. The first-order valence-electron chi connectivity index (χ1n) is 8.43. The molecule has 0 radical (unpaired) electrons. The second-order valence-electron chi connectivity index (χ2n) is 6.45. The van der Waals surface area contributed by atoms with E-state index in [0.29, 0.717) is 12.1 Å². The van der Waals surface area contributed by atoms with Crippen LogP contribution in [0.5, 0.6) is 0 Å². The zero-order chi connectivity index (χ0) is 19.4. The zero-order valence-corrected chi connectivity index (χ0v) is 14.4. The third-order valence-corrected chi connectivity index (χ3v) is 4.43. The van der Waals surface area contributed by atoms with E-state index >= 15 is 0 Å². The van der Waals surface area contributed by atoms with E-state index in [1.165, 1.54) is 11.0 Å². The number of amides is 2. The van der Waals surface area contributed by atoms with Crippen LogP contribution in [0.25, 0.3) is 0 Å². The molecule has 1 saturated heterocycles. The van der Waals surface area contributed by atoms with Crippen LogP contribution in [-0.4, -0.2) is 28.2 Å². The van der Waals surface area contributed by atoms with Crippen molar-refractivity contribution < 1.29 is 22.8 Å². The molecule has 142 valence electrons. The van der Waals surface area contributed by atoms with Gasteiger partial charge in [0.25, 0.3) is 0 Å². The standard InChI is InChI=1S/C19H18F3N3O2/c20-19(21,22)16-3-1-2-14(8-16)11-25-12-15(9-17(25)26)18(27)24-10-13-4-6-23-7-5-13/h1-8,15H,9-12H2,(H,24,27). The van der Waals surface area contributed by atoms with Gasteiger partial charge in [-0.05, 0) is 35.4 Å². The molecule has 0 bridgehead atoms. The second-order valence-corrected chi connectivity index (χ2v) is 6.45. The maximum Gasteiger partial charge on any atom is 0.416 e. The number of hydrogen-bond acceptors (Lipinski definition) is 3. The summed E-state index contributed by atoms with van der Waals surface area (Å²) in [7, 11) is 0. The van der Waals surface area contributed by atoms with E-state index in [4.69, 9.17) is 0 Å². The van der Waals surface area contributed by atoms with Crippen LogP contribution >= 0.6 is 0 Å². The maximum atomic E-state index is 12.8. The summed E-state index contributed by atoms with van der Waals surface area (Å²) < 4.78 is 38.4. The van der Waals surface area contributed by atoms with Gasteiger partial charge in [-0.2, -0.15) is 13.2 Å². The van der Waals surface area contributed by atoms with Crippen molar-refractivity contribution in [2.24, 2.45) is 5.92 Å². The van der Waals surface area contributed by atoms with Gasteiger partial charge in [0.2, 0.25) is 11.8 Å². The Bertz CT molecular complexity index is 824. The molecule has 1 aliphatic rings. The molecule has 8 heteroatoms. The van der Waals surface area contributed by atoms with Crippen molar-refractivity contribution in [2.75, 3.05) is 6.54 Å². The van der Waals surface area contributed by atoms with Gasteiger partial charge in [-0.25, -0.2) is 0 Å². The Morgan fingerprint density at radius 3 is 2.63 bits per heavy atom. The normalized spacial score (nSPS) is 17.2. The van der Waals surface area contributed by atoms with Crippen LogP contribution in [0.2, 0.25) is 0 Å². The number of likely N-dealkylation sites (tertiary alicyclic amines) is 1. The Balaban J connectivity index is 1.58. The molecule has 1 aromatic heterocycles. The molecule has 1 unspecified atom stereocenters. The highest BCUT2D eigenvalue weighted by Crippen LogP contribution is 2.30. The molecule has 1 fully saturated rings. The molecule has 2 heterocycles. The van der Waals surface area contributed by atoms with Gasteiger partial charge >= 0.3 is 6.18 Å². The van der Waals surface area contributed by atoms with E-state index in [1.807, 2.05) is 0 Å². The fourth-order valence-corrected chi connectivity index (χ4v) is 3.00. The Hall–Kier alpha value is -2.90. The molecule has 2 amide bonds. The van der Waals surface area contributed by atoms with Crippen molar-refractivity contribution in [1.82, 2.24) is 15.2 Å². The molecule has 27 heavy (non-hydrogen) atoms. The van der Waals surface area contributed by atoms with E-state index in [9.17, 15) is 22.8 Å². The van der Waals surface area contributed by atoms with E-state index in [0.717, 1.165) is 17.7 Å². The average molecular weight is 377 g/mol. The van der Waals surface area contributed by atoms with Gasteiger partial charge in [-0.15, -0.1) is 0 Å². The number of carbonyl (C=O) groups is 2. The lowest BCUT2D eigenvalue weighted by molar-refractivity contribution is -0.137. The number of carbonyl (C=O) groups excluding carboxylic acids is 2. The number of halogens is 3. The number of benzene rings is 1. The third kappa shape index (κ3) is 4.84. The lowest BCUT2D eigenvalue weighted by Gasteiger charge is -2.17. The number of pyridine rings is 1. The molecule has 1 aliphatic heterocycles. The summed E-state index contributed by atoms with van der Waals surface area (Å²) in [5, 5.41) is 2.78. The van der Waals surface area contributed by atoms with Crippen LogP contribution in [0, 0.1) is 5.92 Å². The number of rotatable bonds is 5. The van der Waals surface area contributed by atoms with Crippen LogP contribution in [0.4, 0.5) is 13.2 Å². The van der Waals surface area contributed by atoms with Crippen LogP contribution in [0.1, 0.15) is 23.1 Å². The van der Waals surface area contributed by atoms with Crippen molar-refractivity contribution in [1.29, 1.82) is 0 Å². The summed E-state index contributed by atoms with van der Waals surface area (Å²) in [5.41, 5.74) is 0.526. The lowest BCUT2D eigenvalue weighted by Crippen LogP contribution is -2.32. The number of hydrogen-bond donors (Lipinski definition) is 1. The highest BCUT2D eigenvalue weighted by Gasteiger charge is 2.35. The maximum absolute atomic E-state index is 12.8. The summed E-state index contributed by atoms with van der Waals surface area (Å²) in [6, 6.07) is 8.44. The number of nitrogens with one attached hydrogen (secondary N) is 1. The monoisotopic (exact) mass is 377 g/mol. The van der Waals surface area contributed by atoms with E-state index in [1.54, 1.807) is 30.6 Å². The highest BCUT2D eigenvalue weighted by atomic mass is 19.4. The molecule has 1 aromatic carbocycles. The van der Waals surface area contributed by atoms with Gasteiger partial charge in [0.15, 0.2) is 0 Å². The van der Waals surface area contributed by atoms with Crippen LogP contribution in [-0.2, 0) is 28.9 Å². The van der Waals surface area contributed by atoms with Crippen molar-refractivity contribution in [3.63, 3.8) is 0 Å². The minimum atomic E-state index is -4.43. The van der Waals surface area contributed by atoms with Crippen LogP contribution in [0.15, 0.2) is 48.8 Å². The summed E-state index contributed by atoms with van der Waals surface area (Å²) in [5.74, 6) is -0.992. The summed E-state index contributed by atoms with van der Waals surface area (Å²) in [4.78, 5) is 29.8. The van der Waals surface area contributed by atoms with Crippen molar-refractivity contribution in [3.8, 4) is 0 Å². The van der Waals surface area contributed by atoms with Gasteiger partial charge < -0.3 is 10.2 Å². The molecule has 3 rings (SSSR count). The van der Waals surface area contributed by atoms with Gasteiger partial charge in [-0.1, -0.05) is 12.1 Å². The first-order chi connectivity index (χ1) is 12.8. The molecular weight excluding hydrogens is 359 g/mol. The quantitative estimate of drug-likeness (QED) is 0.872. The van der Waals surface area contributed by atoms with Crippen molar-refractivity contribution in [3.05, 3.63) is 65.5 Å². The Kier molecular flexibility index (Phi) is 5.43. The van der Waals surface area contributed by atoms with E-state index < -0.39 is 17.7 Å². The van der Waals surface area contributed by atoms with E-state index in [2.05, 4.69) is 10.3 Å². The lowest BCUT2D eigenvalue weighted by atomic mass is 10.1. The topological polar surface area (TPSA) is 62.3 Å². The van der Waals surface area contributed by atoms with Crippen molar-refractivity contribution in [2.45, 2.75) is 25.7 Å². The minimum absolute atomic E-state index is 0.0525. The molecule has 0 aliphatic carbocycles. The first-order valence-corrected chi connectivity index (χ1v) is 8.43. The first kappa shape index (κ1) is 18.9. The minimum Gasteiger partial charge on any atom is -0.352 e. The molecule has 0 spiro atoms. The van der Waals surface area contributed by atoms with Gasteiger partial charge in [0, 0.05) is 38.4 Å². The Labute approximate surface area is 154 Å². The largest absolute Gasteiger partial charge is 0.416 e. The zero-order valence-electron chi connectivity index (χ0n) is 14.4. The predicted molar refractivity (Wildman–Crippen MR) is 91.1 cm³/mol. The molecule has 0 saturated carbocycles. The average Bonchev–Trinajstić information content (AvgIpc) is 3.01. The number of alkyl halides is 3. The summed E-state index contributed by atoms with van der Waals surface area (Å²) in [6.07, 6.45) is -1.13. The van der Waals surface area contributed by atoms with Crippen LogP contribution < -0.4 is 5.32 Å². The SMILES string of the molecule is O=C(NCc1ccncc1)C1CC(=O)N(Cc2cccc(C(F)(F)F)c2)C1. The van der Waals surface area contributed by atoms with Gasteiger partial charge in [-0.3, -0.25) is 14.6 Å². The summed E-state index contributed by atoms with van der Waals surface area (Å²) >= 11 is 0. The third-order valence-electron chi connectivity index (χ3n) is 4.43. The molecule has 5 nitrogen and oxygen atoms in total. The number of nitrogens with zero attached hydrogens (tertiary/aromatic N) is 2. The predicted octanol–water partition coefficient (Wildman–Crippen LogP) is 2.77. The smallest absolute Gasteiger partial charge is 0.352 e. The molecule has 2 aromatic rings. The fraction of sp³-hybridized carbons (Fsp3) is 0.316. The Morgan fingerprint density at radius 1 is 1.19 bits per heavy atom.